The number of benzene rings is 2. The zero-order valence-electron chi connectivity index (χ0n) is 18.9. The number of carbonyl (C=O) groups is 1. The lowest BCUT2D eigenvalue weighted by atomic mass is 10.0. The van der Waals surface area contributed by atoms with Crippen LogP contribution in [0.25, 0.3) is 5.69 Å². The second-order valence-electron chi connectivity index (χ2n) is 8.29. The van der Waals surface area contributed by atoms with Crippen LogP contribution in [0.5, 0.6) is 0 Å². The van der Waals surface area contributed by atoms with Crippen molar-refractivity contribution in [1.82, 2.24) is 30.0 Å². The van der Waals surface area contributed by atoms with Crippen molar-refractivity contribution >= 4 is 5.91 Å². The molecule has 0 radical (unpaired) electrons. The van der Waals surface area contributed by atoms with Gasteiger partial charge < -0.3 is 9.64 Å². The van der Waals surface area contributed by atoms with Crippen LogP contribution in [0.1, 0.15) is 22.3 Å². The number of rotatable bonds is 7. The van der Waals surface area contributed by atoms with E-state index in [0.717, 1.165) is 28.9 Å². The van der Waals surface area contributed by atoms with Crippen molar-refractivity contribution in [3.05, 3.63) is 71.0 Å². The average molecular weight is 446 g/mol. The molecule has 1 fully saturated rings. The molecule has 9 heteroatoms. The van der Waals surface area contributed by atoms with Crippen LogP contribution < -0.4 is 0 Å². The van der Waals surface area contributed by atoms with E-state index in [1.54, 1.807) is 4.68 Å². The van der Waals surface area contributed by atoms with Gasteiger partial charge in [-0.2, -0.15) is 5.26 Å². The quantitative estimate of drug-likeness (QED) is 0.546. The molecule has 170 valence electrons. The fourth-order valence-corrected chi connectivity index (χ4v) is 3.95. The smallest absolute Gasteiger partial charge is 0.227 e. The summed E-state index contributed by atoms with van der Waals surface area (Å²) < 4.78 is 7.58. The van der Waals surface area contributed by atoms with Gasteiger partial charge in [-0.1, -0.05) is 24.3 Å². The molecule has 0 aliphatic carbocycles. The van der Waals surface area contributed by atoms with Crippen molar-refractivity contribution < 1.29 is 9.53 Å². The number of nitriles is 1. The normalized spacial score (nSPS) is 16.5. The number of ether oxygens (including phenoxy) is 1. The van der Waals surface area contributed by atoms with E-state index in [2.05, 4.69) is 33.5 Å². The minimum Gasteiger partial charge on any atom is -0.375 e. The van der Waals surface area contributed by atoms with Gasteiger partial charge in [0.05, 0.1) is 43.0 Å². The highest BCUT2D eigenvalue weighted by Crippen LogP contribution is 2.16. The van der Waals surface area contributed by atoms with Gasteiger partial charge in [0.2, 0.25) is 5.91 Å². The number of hydrogen-bond acceptors (Lipinski definition) is 7. The molecule has 0 saturated carbocycles. The van der Waals surface area contributed by atoms with Crippen LogP contribution in [0.2, 0.25) is 0 Å². The van der Waals surface area contributed by atoms with Gasteiger partial charge in [-0.25, -0.2) is 4.68 Å². The van der Waals surface area contributed by atoms with E-state index in [1.165, 1.54) is 6.33 Å². The zero-order valence-corrected chi connectivity index (χ0v) is 18.9. The van der Waals surface area contributed by atoms with Gasteiger partial charge in [-0.3, -0.25) is 9.69 Å². The van der Waals surface area contributed by atoms with Crippen LogP contribution in [0.15, 0.2) is 48.8 Å². The molecule has 2 aromatic carbocycles. The third-order valence-electron chi connectivity index (χ3n) is 6.17. The molecule has 1 aliphatic heterocycles. The summed E-state index contributed by atoms with van der Waals surface area (Å²) in [7, 11) is 2.06. The maximum atomic E-state index is 12.9. The number of piperazine rings is 1. The predicted molar refractivity (Wildman–Crippen MR) is 121 cm³/mol. The molecule has 1 saturated heterocycles. The molecule has 1 atom stereocenters. The van der Waals surface area contributed by atoms with E-state index < -0.39 is 0 Å². The number of amides is 1. The second-order valence-corrected chi connectivity index (χ2v) is 8.29. The van der Waals surface area contributed by atoms with E-state index >= 15 is 0 Å². The van der Waals surface area contributed by atoms with Crippen LogP contribution in [0.3, 0.4) is 0 Å². The second kappa shape index (κ2) is 10.3. The van der Waals surface area contributed by atoms with E-state index in [0.29, 0.717) is 38.3 Å². The Morgan fingerprint density at radius 2 is 2.03 bits per heavy atom. The van der Waals surface area contributed by atoms with E-state index in [1.807, 2.05) is 54.3 Å². The molecule has 9 nitrogen and oxygen atoms in total. The van der Waals surface area contributed by atoms with Gasteiger partial charge in [-0.15, -0.1) is 5.10 Å². The van der Waals surface area contributed by atoms with Crippen molar-refractivity contribution in [3.8, 4) is 11.8 Å². The Hall–Kier alpha value is -3.61. The van der Waals surface area contributed by atoms with Crippen molar-refractivity contribution in [2.45, 2.75) is 26.0 Å². The Kier molecular flexibility index (Phi) is 7.07. The molecule has 33 heavy (non-hydrogen) atoms. The lowest BCUT2D eigenvalue weighted by Gasteiger charge is -2.39. The van der Waals surface area contributed by atoms with Gasteiger partial charge in [0.1, 0.15) is 6.33 Å². The van der Waals surface area contributed by atoms with Crippen LogP contribution >= 0.6 is 0 Å². The van der Waals surface area contributed by atoms with E-state index in [-0.39, 0.29) is 11.9 Å². The van der Waals surface area contributed by atoms with E-state index in [4.69, 9.17) is 4.74 Å². The van der Waals surface area contributed by atoms with Gasteiger partial charge in [0, 0.05) is 19.6 Å². The van der Waals surface area contributed by atoms with Crippen LogP contribution in [0, 0.1) is 18.3 Å². The SMILES string of the molecule is Cc1c(C#N)cccc1COCC1CN(C(=O)Cc2ccc(-n3cnnn3)cc2)CCN1C. The number of aromatic nitrogens is 4. The summed E-state index contributed by atoms with van der Waals surface area (Å²) in [6, 6.07) is 15.7. The number of nitrogens with zero attached hydrogens (tertiary/aromatic N) is 7. The summed E-state index contributed by atoms with van der Waals surface area (Å²) in [5.41, 5.74) is 4.46. The Labute approximate surface area is 193 Å². The lowest BCUT2D eigenvalue weighted by molar-refractivity contribution is -0.134. The molecule has 0 N–H and O–H groups in total. The van der Waals surface area contributed by atoms with Crippen LogP contribution in [-0.2, 0) is 22.6 Å². The summed E-state index contributed by atoms with van der Waals surface area (Å²) in [5, 5.41) is 20.4. The third kappa shape index (κ3) is 5.42. The zero-order chi connectivity index (χ0) is 23.2. The first-order chi connectivity index (χ1) is 16.0. The topological polar surface area (TPSA) is 100 Å². The first-order valence-electron chi connectivity index (χ1n) is 10.9. The van der Waals surface area contributed by atoms with Gasteiger partial charge in [-0.05, 0) is 59.3 Å². The highest BCUT2D eigenvalue weighted by Gasteiger charge is 2.27. The van der Waals surface area contributed by atoms with Crippen LogP contribution in [-0.4, -0.2) is 75.2 Å². The Morgan fingerprint density at radius 1 is 1.21 bits per heavy atom. The summed E-state index contributed by atoms with van der Waals surface area (Å²) in [5.74, 6) is 0.112. The number of hydrogen-bond donors (Lipinski definition) is 0. The minimum atomic E-state index is 0.112. The number of tetrazole rings is 1. The summed E-state index contributed by atoms with van der Waals surface area (Å²) >= 11 is 0. The molecule has 4 rings (SSSR count). The third-order valence-corrected chi connectivity index (χ3v) is 6.17. The molecule has 0 spiro atoms. The van der Waals surface area contributed by atoms with Crippen LogP contribution in [0.4, 0.5) is 0 Å². The first kappa shape index (κ1) is 22.6. The molecular weight excluding hydrogens is 418 g/mol. The van der Waals surface area contributed by atoms with Crippen molar-refractivity contribution in [3.63, 3.8) is 0 Å². The highest BCUT2D eigenvalue weighted by molar-refractivity contribution is 5.79. The Morgan fingerprint density at radius 3 is 2.76 bits per heavy atom. The molecular formula is C24H27N7O2. The molecule has 1 aliphatic rings. The molecule has 1 amide bonds. The fourth-order valence-electron chi connectivity index (χ4n) is 3.95. The first-order valence-corrected chi connectivity index (χ1v) is 10.9. The average Bonchev–Trinajstić information content (AvgIpc) is 3.37. The Balaban J connectivity index is 1.30. The largest absolute Gasteiger partial charge is 0.375 e. The number of carbonyl (C=O) groups excluding carboxylic acids is 1. The predicted octanol–water partition coefficient (Wildman–Crippen LogP) is 1.74. The number of likely N-dealkylation sites (N-methyl/N-ethyl adjacent to an activating group) is 1. The van der Waals surface area contributed by atoms with Crippen molar-refractivity contribution in [1.29, 1.82) is 5.26 Å². The van der Waals surface area contributed by atoms with Gasteiger partial charge >= 0.3 is 0 Å². The van der Waals surface area contributed by atoms with E-state index in [9.17, 15) is 10.1 Å². The molecule has 1 unspecified atom stereocenters. The summed E-state index contributed by atoms with van der Waals surface area (Å²) in [6.07, 6.45) is 1.89. The fraction of sp³-hybridized carbons (Fsp3) is 0.375. The molecule has 3 aromatic rings. The maximum absolute atomic E-state index is 12.9. The van der Waals surface area contributed by atoms with Crippen molar-refractivity contribution in [2.75, 3.05) is 33.3 Å². The van der Waals surface area contributed by atoms with Crippen molar-refractivity contribution in [2.24, 2.45) is 0 Å². The monoisotopic (exact) mass is 445 g/mol. The standard InChI is InChI=1S/C24H27N7O2/c1-18-20(13-25)4-3-5-21(18)15-33-16-23-14-30(11-10-29(23)2)24(32)12-19-6-8-22(9-7-19)31-17-26-27-28-31/h3-9,17,23H,10-12,14-16H2,1-2H3. The lowest BCUT2D eigenvalue weighted by Crippen LogP contribution is -2.55. The minimum absolute atomic E-state index is 0.112. The van der Waals surface area contributed by atoms with Gasteiger partial charge in [0.25, 0.3) is 0 Å². The summed E-state index contributed by atoms with van der Waals surface area (Å²) in [4.78, 5) is 17.1. The molecule has 2 heterocycles. The molecule has 1 aromatic heterocycles. The maximum Gasteiger partial charge on any atom is 0.227 e. The molecule has 0 bridgehead atoms. The summed E-state index contributed by atoms with van der Waals surface area (Å²) in [6.45, 7) is 5.07. The van der Waals surface area contributed by atoms with Gasteiger partial charge in [0.15, 0.2) is 0 Å². The Bertz CT molecular complexity index is 1120. The highest BCUT2D eigenvalue weighted by atomic mass is 16.5.